The van der Waals surface area contributed by atoms with E-state index in [1.165, 1.54) is 11.8 Å². The summed E-state index contributed by atoms with van der Waals surface area (Å²) in [5.74, 6) is -0.217. The van der Waals surface area contributed by atoms with Gasteiger partial charge in [-0.15, -0.1) is 0 Å². The Hall–Kier alpha value is -2.57. The highest BCUT2D eigenvalue weighted by atomic mass is 35.5. The van der Waals surface area contributed by atoms with Crippen LogP contribution in [-0.4, -0.2) is 26.4 Å². The Bertz CT molecular complexity index is 1090. The molecule has 1 N–H and O–H groups in total. The molecule has 1 amide bonds. The molecule has 2 aliphatic heterocycles. The summed E-state index contributed by atoms with van der Waals surface area (Å²) in [6.45, 7) is 5.90. The van der Waals surface area contributed by atoms with E-state index in [9.17, 15) is 4.79 Å². The van der Waals surface area contributed by atoms with Crippen molar-refractivity contribution in [3.05, 3.63) is 69.0 Å². The van der Waals surface area contributed by atoms with Crippen molar-refractivity contribution >= 4 is 46.3 Å². The Labute approximate surface area is 166 Å². The zero-order valence-corrected chi connectivity index (χ0v) is 16.6. The normalized spacial score (nSPS) is 18.1. The first-order valence-electron chi connectivity index (χ1n) is 8.39. The van der Waals surface area contributed by atoms with E-state index >= 15 is 0 Å². The molecule has 0 saturated carbocycles. The molecule has 2 aliphatic rings. The van der Waals surface area contributed by atoms with E-state index < -0.39 is 0 Å². The Morgan fingerprint density at radius 1 is 1.22 bits per heavy atom. The van der Waals surface area contributed by atoms with Gasteiger partial charge >= 0.3 is 0 Å². The summed E-state index contributed by atoms with van der Waals surface area (Å²) in [5, 5.41) is 11.6. The number of carbonyl (C=O) groups excluding carboxylic acids is 1. The van der Waals surface area contributed by atoms with Crippen LogP contribution < -0.4 is 0 Å². The molecule has 3 heterocycles. The summed E-state index contributed by atoms with van der Waals surface area (Å²) in [4.78, 5) is 18.3. The summed E-state index contributed by atoms with van der Waals surface area (Å²) in [6, 6.07) is 9.64. The monoisotopic (exact) mass is 396 g/mol. The van der Waals surface area contributed by atoms with Gasteiger partial charge in [0.25, 0.3) is 5.91 Å². The van der Waals surface area contributed by atoms with Gasteiger partial charge in [-0.25, -0.2) is 0 Å². The van der Waals surface area contributed by atoms with Crippen LogP contribution in [0.25, 0.3) is 11.8 Å². The molecule has 27 heavy (non-hydrogen) atoms. The van der Waals surface area contributed by atoms with Gasteiger partial charge in [-0.2, -0.15) is 4.99 Å². The zero-order chi connectivity index (χ0) is 19.3. The second-order valence-corrected chi connectivity index (χ2v) is 7.73. The minimum absolute atomic E-state index is 0.163. The van der Waals surface area contributed by atoms with E-state index in [0.29, 0.717) is 15.8 Å². The van der Waals surface area contributed by atoms with E-state index in [1.54, 1.807) is 11.0 Å². The second-order valence-electron chi connectivity index (χ2n) is 6.46. The number of carbonyl (C=O) groups is 1. The van der Waals surface area contributed by atoms with Gasteiger partial charge in [-0.3, -0.25) is 15.1 Å². The number of aryl methyl sites for hydroxylation is 1. The number of hydrogen-bond donors (Lipinski definition) is 1. The number of aromatic nitrogens is 1. The molecular weight excluding hydrogens is 380 g/mol. The van der Waals surface area contributed by atoms with Crippen molar-refractivity contribution in [3.63, 3.8) is 0 Å². The second kappa shape index (κ2) is 6.55. The summed E-state index contributed by atoms with van der Waals surface area (Å²) >= 11 is 7.51. The molecule has 1 aromatic heterocycles. The molecule has 0 unspecified atom stereocenters. The molecule has 136 valence electrons. The number of halogens is 1. The minimum Gasteiger partial charge on any atom is -0.318 e. The Morgan fingerprint density at radius 3 is 2.74 bits per heavy atom. The summed E-state index contributed by atoms with van der Waals surface area (Å²) in [6.07, 6.45) is 1.75. The van der Waals surface area contributed by atoms with Crippen molar-refractivity contribution in [2.24, 2.45) is 4.99 Å². The molecule has 2 aromatic rings. The van der Waals surface area contributed by atoms with Crippen molar-refractivity contribution in [2.75, 3.05) is 0 Å². The number of hydrogen-bond acceptors (Lipinski definition) is 3. The van der Waals surface area contributed by atoms with Crippen LogP contribution in [0.15, 0.2) is 52.0 Å². The number of rotatable bonds is 2. The molecule has 0 radical (unpaired) electrons. The number of thioether (sulfide) groups is 1. The number of nitrogens with zero attached hydrogens (tertiary/aromatic N) is 3. The maximum Gasteiger partial charge on any atom is 0.283 e. The summed E-state index contributed by atoms with van der Waals surface area (Å²) in [5.41, 5.74) is 5.02. The zero-order valence-electron chi connectivity index (χ0n) is 15.1. The van der Waals surface area contributed by atoms with E-state index in [0.717, 1.165) is 28.3 Å². The number of aliphatic imine (C=N–C) groups is 1. The van der Waals surface area contributed by atoms with E-state index in [2.05, 4.69) is 9.56 Å². The molecule has 0 saturated heterocycles. The highest BCUT2D eigenvalue weighted by molar-refractivity contribution is 8.16. The predicted octanol–water partition coefficient (Wildman–Crippen LogP) is 4.91. The first-order chi connectivity index (χ1) is 12.9. The first-order valence-corrected chi connectivity index (χ1v) is 9.64. The van der Waals surface area contributed by atoms with Gasteiger partial charge in [0.15, 0.2) is 5.17 Å². The van der Waals surface area contributed by atoms with Crippen molar-refractivity contribution in [2.45, 2.75) is 20.8 Å². The third-order valence-corrected chi connectivity index (χ3v) is 5.80. The molecule has 0 spiro atoms. The van der Waals surface area contributed by atoms with Gasteiger partial charge in [0.2, 0.25) is 0 Å². The molecule has 5 nitrogen and oxygen atoms in total. The lowest BCUT2D eigenvalue weighted by molar-refractivity contribution is -0.114. The van der Waals surface area contributed by atoms with Gasteiger partial charge < -0.3 is 4.57 Å². The summed E-state index contributed by atoms with van der Waals surface area (Å²) < 4.78 is 2.08. The number of benzene rings is 1. The largest absolute Gasteiger partial charge is 0.318 e. The topological polar surface area (TPSA) is 61.5 Å². The number of amidine groups is 2. The van der Waals surface area contributed by atoms with Gasteiger partial charge in [0.05, 0.1) is 5.57 Å². The van der Waals surface area contributed by atoms with Crippen LogP contribution in [-0.2, 0) is 4.79 Å². The molecular formula is C20H17ClN4OS. The van der Waals surface area contributed by atoms with Crippen LogP contribution in [0, 0.1) is 19.3 Å². The van der Waals surface area contributed by atoms with Crippen LogP contribution in [0.2, 0.25) is 5.02 Å². The molecule has 7 heteroatoms. The maximum absolute atomic E-state index is 12.5. The van der Waals surface area contributed by atoms with Crippen LogP contribution in [0.3, 0.4) is 0 Å². The highest BCUT2D eigenvalue weighted by Crippen LogP contribution is 2.32. The standard InChI is InChI=1S/C20H17ClN4OS/c1-11-7-14(13(3)24(11)16-6-4-5-15(21)9-16)8-17-18(22)25-12(2)10-27-20(25)23-19(17)26/h4-10,22H,1-3H3. The summed E-state index contributed by atoms with van der Waals surface area (Å²) in [7, 11) is 0. The molecule has 0 fully saturated rings. The smallest absolute Gasteiger partial charge is 0.283 e. The van der Waals surface area contributed by atoms with Crippen molar-refractivity contribution < 1.29 is 4.79 Å². The number of amides is 1. The molecule has 0 aliphatic carbocycles. The lowest BCUT2D eigenvalue weighted by Gasteiger charge is -2.25. The van der Waals surface area contributed by atoms with E-state index in [1.807, 2.05) is 56.5 Å². The fraction of sp³-hybridized carbons (Fsp3) is 0.150. The lowest BCUT2D eigenvalue weighted by Crippen LogP contribution is -2.37. The Balaban J connectivity index is 1.79. The van der Waals surface area contributed by atoms with Gasteiger partial charge in [0, 0.05) is 27.8 Å². The van der Waals surface area contributed by atoms with Crippen molar-refractivity contribution in [3.8, 4) is 5.69 Å². The Kier molecular flexibility index (Phi) is 4.32. The first kappa shape index (κ1) is 17.8. The molecule has 0 bridgehead atoms. The van der Waals surface area contributed by atoms with Gasteiger partial charge in [0.1, 0.15) is 5.84 Å². The SMILES string of the molecule is CC1=CSC2=NC(=O)C(=Cc3cc(C)n(-c4cccc(Cl)c4)c3C)C(=N)N12. The fourth-order valence-electron chi connectivity index (χ4n) is 3.34. The third-order valence-electron chi connectivity index (χ3n) is 4.62. The van der Waals surface area contributed by atoms with Gasteiger partial charge in [-0.05, 0) is 62.1 Å². The molecule has 1 aromatic carbocycles. The van der Waals surface area contributed by atoms with Crippen LogP contribution in [0.1, 0.15) is 23.9 Å². The van der Waals surface area contributed by atoms with Crippen LogP contribution in [0.4, 0.5) is 0 Å². The average Bonchev–Trinajstić information content (AvgIpc) is 3.11. The van der Waals surface area contributed by atoms with E-state index in [-0.39, 0.29) is 11.7 Å². The van der Waals surface area contributed by atoms with Gasteiger partial charge in [-0.1, -0.05) is 29.4 Å². The molecule has 4 rings (SSSR count). The number of allylic oxidation sites excluding steroid dienone is 1. The highest BCUT2D eigenvalue weighted by Gasteiger charge is 2.34. The maximum atomic E-state index is 12.5. The third kappa shape index (κ3) is 2.95. The van der Waals surface area contributed by atoms with Crippen molar-refractivity contribution in [1.82, 2.24) is 9.47 Å². The predicted molar refractivity (Wildman–Crippen MR) is 112 cm³/mol. The Morgan fingerprint density at radius 2 is 2.00 bits per heavy atom. The number of fused-ring (bicyclic) bond motifs is 1. The average molecular weight is 397 g/mol. The minimum atomic E-state index is -0.380. The van der Waals surface area contributed by atoms with Crippen molar-refractivity contribution in [1.29, 1.82) is 5.41 Å². The fourth-order valence-corrected chi connectivity index (χ4v) is 4.39. The lowest BCUT2D eigenvalue weighted by atomic mass is 10.1. The van der Waals surface area contributed by atoms with E-state index in [4.69, 9.17) is 17.0 Å². The molecule has 0 atom stereocenters. The van der Waals surface area contributed by atoms with Crippen LogP contribution >= 0.6 is 23.4 Å². The number of nitrogens with one attached hydrogen (secondary N) is 1. The van der Waals surface area contributed by atoms with Crippen LogP contribution in [0.5, 0.6) is 0 Å². The quantitative estimate of drug-likeness (QED) is 0.733.